The molecule has 38 heavy (non-hydrogen) atoms. The molecule has 2 saturated heterocycles. The molecule has 2 N–H and O–H groups in total. The first kappa shape index (κ1) is 25.3. The standard InChI is InChI=1S/C28H32F3N5O2/c29-28(30,31)22-2-1-3-23-27(22)35-25(33-23)13-26(37)34-24-16-36(20-7-10-38-11-8-20)15-19(24)12-18-5-4-17-6-9-32-14-21(17)18/h1-3,6,9,14,18-20,24H,4-5,7-8,10-13,15-16H2,(H,33,35)(H,34,37)/t18?,19-,24?/m0/s1. The summed E-state index contributed by atoms with van der Waals surface area (Å²) in [5.74, 6) is 0.718. The van der Waals surface area contributed by atoms with E-state index >= 15 is 0 Å². The maximum absolute atomic E-state index is 13.4. The molecule has 0 radical (unpaired) electrons. The van der Waals surface area contributed by atoms with E-state index in [1.165, 1.54) is 17.2 Å². The Labute approximate surface area is 219 Å². The number of alkyl halides is 3. The van der Waals surface area contributed by atoms with Crippen LogP contribution >= 0.6 is 0 Å². The summed E-state index contributed by atoms with van der Waals surface area (Å²) >= 11 is 0. The molecule has 202 valence electrons. The van der Waals surface area contributed by atoms with E-state index in [1.807, 2.05) is 12.4 Å². The van der Waals surface area contributed by atoms with Gasteiger partial charge in [-0.15, -0.1) is 0 Å². The molecule has 3 aromatic rings. The molecule has 3 aliphatic rings. The lowest BCUT2D eigenvalue weighted by atomic mass is 9.88. The number of carbonyl (C=O) groups excluding carboxylic acids is 1. The van der Waals surface area contributed by atoms with Crippen molar-refractivity contribution in [3.05, 3.63) is 59.2 Å². The van der Waals surface area contributed by atoms with Crippen LogP contribution in [0.5, 0.6) is 0 Å². The molecule has 2 unspecified atom stereocenters. The number of likely N-dealkylation sites (tertiary alicyclic amines) is 1. The molecule has 3 atom stereocenters. The fourth-order valence-corrected chi connectivity index (χ4v) is 6.59. The van der Waals surface area contributed by atoms with E-state index in [9.17, 15) is 18.0 Å². The van der Waals surface area contributed by atoms with Crippen molar-refractivity contribution in [3.63, 3.8) is 0 Å². The van der Waals surface area contributed by atoms with Crippen molar-refractivity contribution in [3.8, 4) is 0 Å². The molecular formula is C28H32F3N5O2. The highest BCUT2D eigenvalue weighted by molar-refractivity contribution is 5.82. The fraction of sp³-hybridized carbons (Fsp3) is 0.536. The topological polar surface area (TPSA) is 83.1 Å². The minimum atomic E-state index is -4.51. The number of benzene rings is 1. The number of nitrogens with zero attached hydrogens (tertiary/aromatic N) is 3. The third-order valence-corrected chi connectivity index (χ3v) is 8.45. The van der Waals surface area contributed by atoms with Crippen LogP contribution in [-0.4, -0.2) is 64.1 Å². The quantitative estimate of drug-likeness (QED) is 0.501. The van der Waals surface area contributed by atoms with Crippen LogP contribution in [0.4, 0.5) is 13.2 Å². The van der Waals surface area contributed by atoms with Gasteiger partial charge in [-0.1, -0.05) is 6.07 Å². The highest BCUT2D eigenvalue weighted by Crippen LogP contribution is 2.40. The summed E-state index contributed by atoms with van der Waals surface area (Å²) in [6.45, 7) is 3.21. The van der Waals surface area contributed by atoms with Gasteiger partial charge in [0, 0.05) is 50.8 Å². The monoisotopic (exact) mass is 527 g/mol. The third-order valence-electron chi connectivity index (χ3n) is 8.45. The number of hydrogen-bond acceptors (Lipinski definition) is 5. The van der Waals surface area contributed by atoms with Crippen molar-refractivity contribution < 1.29 is 22.7 Å². The summed E-state index contributed by atoms with van der Waals surface area (Å²) in [6.07, 6.45) is 4.34. The number of ether oxygens (including phenoxy) is 1. The summed E-state index contributed by atoms with van der Waals surface area (Å²) in [4.78, 5) is 27.0. The average molecular weight is 528 g/mol. The third kappa shape index (κ3) is 5.16. The van der Waals surface area contributed by atoms with Crippen molar-refractivity contribution in [1.29, 1.82) is 0 Å². The molecule has 2 aromatic heterocycles. The zero-order valence-electron chi connectivity index (χ0n) is 21.1. The van der Waals surface area contributed by atoms with Gasteiger partial charge in [0.25, 0.3) is 0 Å². The van der Waals surface area contributed by atoms with E-state index in [2.05, 4.69) is 31.2 Å². The number of aromatic nitrogens is 3. The number of H-pyrrole nitrogens is 1. The number of aryl methyl sites for hydroxylation is 1. The molecule has 2 aliphatic heterocycles. The number of fused-ring (bicyclic) bond motifs is 2. The number of rotatable bonds is 6. The Morgan fingerprint density at radius 2 is 2.00 bits per heavy atom. The van der Waals surface area contributed by atoms with Gasteiger partial charge in [0.15, 0.2) is 0 Å². The SMILES string of the molecule is O=C(Cc1nc2c(C(F)(F)F)cccc2[nH]1)NC1CN(C2CCOCC2)C[C@@H]1CC1CCc2ccncc21. The lowest BCUT2D eigenvalue weighted by molar-refractivity contribution is -0.136. The maximum atomic E-state index is 13.4. The Kier molecular flexibility index (Phi) is 6.86. The van der Waals surface area contributed by atoms with Crippen LogP contribution in [0.3, 0.4) is 0 Å². The van der Waals surface area contributed by atoms with Gasteiger partial charge in [-0.2, -0.15) is 13.2 Å². The number of para-hydroxylation sites is 1. The molecule has 1 aromatic carbocycles. The van der Waals surface area contributed by atoms with Crippen LogP contribution in [0, 0.1) is 5.92 Å². The number of nitrogens with one attached hydrogen (secondary N) is 2. The maximum Gasteiger partial charge on any atom is 0.418 e. The van der Waals surface area contributed by atoms with Crippen LogP contribution in [-0.2, 0) is 28.5 Å². The van der Waals surface area contributed by atoms with Gasteiger partial charge in [-0.05, 0) is 73.3 Å². The number of pyridine rings is 1. The molecule has 7 nitrogen and oxygen atoms in total. The van der Waals surface area contributed by atoms with Crippen molar-refractivity contribution in [1.82, 2.24) is 25.2 Å². The van der Waals surface area contributed by atoms with Crippen LogP contribution in [0.2, 0.25) is 0 Å². The smallest absolute Gasteiger partial charge is 0.381 e. The van der Waals surface area contributed by atoms with E-state index in [-0.39, 0.29) is 41.1 Å². The Hall–Kier alpha value is -2.98. The van der Waals surface area contributed by atoms with E-state index in [4.69, 9.17) is 4.74 Å². The van der Waals surface area contributed by atoms with Gasteiger partial charge in [0.05, 0.1) is 17.5 Å². The molecule has 6 rings (SSSR count). The van der Waals surface area contributed by atoms with Gasteiger partial charge < -0.3 is 15.0 Å². The first-order chi connectivity index (χ1) is 18.3. The molecule has 1 aliphatic carbocycles. The predicted octanol–water partition coefficient (Wildman–Crippen LogP) is 4.23. The Morgan fingerprint density at radius 3 is 2.82 bits per heavy atom. The van der Waals surface area contributed by atoms with E-state index in [1.54, 1.807) is 6.07 Å². The molecule has 0 bridgehead atoms. The first-order valence-electron chi connectivity index (χ1n) is 13.4. The van der Waals surface area contributed by atoms with Crippen LogP contribution < -0.4 is 5.32 Å². The second-order valence-electron chi connectivity index (χ2n) is 10.8. The normalized spacial score (nSPS) is 24.7. The minimum Gasteiger partial charge on any atom is -0.381 e. The van der Waals surface area contributed by atoms with Crippen LogP contribution in [0.15, 0.2) is 36.7 Å². The Morgan fingerprint density at radius 1 is 1.16 bits per heavy atom. The average Bonchev–Trinajstić information content (AvgIpc) is 3.61. The molecular weight excluding hydrogens is 495 g/mol. The number of imidazole rings is 1. The van der Waals surface area contributed by atoms with Gasteiger partial charge >= 0.3 is 6.18 Å². The van der Waals surface area contributed by atoms with Gasteiger partial charge in [0.2, 0.25) is 5.91 Å². The molecule has 0 saturated carbocycles. The summed E-state index contributed by atoms with van der Waals surface area (Å²) in [5, 5.41) is 3.22. The fourth-order valence-electron chi connectivity index (χ4n) is 6.59. The van der Waals surface area contributed by atoms with Crippen molar-refractivity contribution in [2.75, 3.05) is 26.3 Å². The van der Waals surface area contributed by atoms with Crippen molar-refractivity contribution in [2.45, 2.75) is 62.7 Å². The summed E-state index contributed by atoms with van der Waals surface area (Å²) < 4.78 is 45.8. The minimum absolute atomic E-state index is 0.0267. The molecule has 0 spiro atoms. The second-order valence-corrected chi connectivity index (χ2v) is 10.8. The number of carbonyl (C=O) groups is 1. The zero-order chi connectivity index (χ0) is 26.3. The molecule has 1 amide bonds. The van der Waals surface area contributed by atoms with Crippen LogP contribution in [0.25, 0.3) is 11.0 Å². The summed E-state index contributed by atoms with van der Waals surface area (Å²) in [6, 6.07) is 6.43. The van der Waals surface area contributed by atoms with Gasteiger partial charge in [-0.25, -0.2) is 4.98 Å². The number of aromatic amines is 1. The molecule has 10 heteroatoms. The van der Waals surface area contributed by atoms with E-state index in [0.717, 1.165) is 64.5 Å². The number of halogens is 3. The van der Waals surface area contributed by atoms with Gasteiger partial charge in [-0.3, -0.25) is 14.7 Å². The van der Waals surface area contributed by atoms with E-state index in [0.29, 0.717) is 12.0 Å². The predicted molar refractivity (Wildman–Crippen MR) is 136 cm³/mol. The van der Waals surface area contributed by atoms with Gasteiger partial charge in [0.1, 0.15) is 11.3 Å². The zero-order valence-corrected chi connectivity index (χ0v) is 21.1. The molecule has 4 heterocycles. The second kappa shape index (κ2) is 10.3. The summed E-state index contributed by atoms with van der Waals surface area (Å²) in [7, 11) is 0. The lowest BCUT2D eigenvalue weighted by Gasteiger charge is -2.31. The number of hydrogen-bond donors (Lipinski definition) is 2. The van der Waals surface area contributed by atoms with Crippen molar-refractivity contribution in [2.24, 2.45) is 5.92 Å². The molecule has 2 fully saturated rings. The lowest BCUT2D eigenvalue weighted by Crippen LogP contribution is -2.43. The number of amides is 1. The van der Waals surface area contributed by atoms with Crippen LogP contribution in [0.1, 0.15) is 54.1 Å². The highest BCUT2D eigenvalue weighted by Gasteiger charge is 2.40. The Balaban J connectivity index is 1.17. The first-order valence-corrected chi connectivity index (χ1v) is 13.4. The van der Waals surface area contributed by atoms with E-state index < -0.39 is 11.7 Å². The largest absolute Gasteiger partial charge is 0.418 e. The summed E-state index contributed by atoms with van der Waals surface area (Å²) in [5.41, 5.74) is 2.02. The Bertz CT molecular complexity index is 1300. The van der Waals surface area contributed by atoms with Crippen molar-refractivity contribution >= 4 is 16.9 Å². The highest BCUT2D eigenvalue weighted by atomic mass is 19.4.